The maximum atomic E-state index is 6.11. The number of aliphatic imine (C=N–C) groups is 1. The first-order valence-corrected chi connectivity index (χ1v) is 10.4. The van der Waals surface area contributed by atoms with Gasteiger partial charge in [0.25, 0.3) is 0 Å². The van der Waals surface area contributed by atoms with Crippen molar-refractivity contribution in [1.82, 2.24) is 9.97 Å². The molecule has 0 atom stereocenters. The quantitative estimate of drug-likeness (QED) is 0.620. The fraction of sp³-hybridized carbons (Fsp3) is 0.312. The molecule has 0 amide bonds. The number of rotatable bonds is 5. The van der Waals surface area contributed by atoms with Crippen LogP contribution in [0.5, 0.6) is 5.75 Å². The van der Waals surface area contributed by atoms with E-state index in [2.05, 4.69) is 41.5 Å². The summed E-state index contributed by atoms with van der Waals surface area (Å²) < 4.78 is 6.11. The molecular weight excluding hydrogens is 278 g/mol. The van der Waals surface area contributed by atoms with Crippen LogP contribution in [0.25, 0.3) is 0 Å². The second-order valence-corrected chi connectivity index (χ2v) is 10.3. The van der Waals surface area contributed by atoms with Crippen molar-refractivity contribution in [3.05, 3.63) is 48.0 Å². The first-order chi connectivity index (χ1) is 9.94. The molecule has 0 radical (unpaired) electrons. The average Bonchev–Trinajstić information content (AvgIpc) is 2.41. The van der Waals surface area contributed by atoms with Crippen LogP contribution >= 0.6 is 0 Å². The second-order valence-electron chi connectivity index (χ2n) is 5.87. The first kappa shape index (κ1) is 15.4. The van der Waals surface area contributed by atoms with Crippen molar-refractivity contribution in [2.45, 2.75) is 33.0 Å². The number of benzene rings is 1. The number of hydrogen-bond donors (Lipinski definition) is 0. The lowest BCUT2D eigenvalue weighted by Crippen LogP contribution is -2.29. The van der Waals surface area contributed by atoms with Gasteiger partial charge >= 0.3 is 0 Å². The molecule has 21 heavy (non-hydrogen) atoms. The van der Waals surface area contributed by atoms with E-state index >= 15 is 0 Å². The number of aryl methyl sites for hydroxylation is 1. The summed E-state index contributed by atoms with van der Waals surface area (Å²) in [6.07, 6.45) is 5.92. The highest BCUT2D eigenvalue weighted by molar-refractivity contribution is 6.70. The fourth-order valence-corrected chi connectivity index (χ4v) is 2.62. The summed E-state index contributed by atoms with van der Waals surface area (Å²) in [5.74, 6) is 1.63. The second kappa shape index (κ2) is 6.63. The van der Waals surface area contributed by atoms with Crippen LogP contribution in [0.15, 0.2) is 41.7 Å². The minimum Gasteiger partial charge on any atom is -0.543 e. The predicted molar refractivity (Wildman–Crippen MR) is 89.0 cm³/mol. The molecule has 0 unspecified atom stereocenters. The van der Waals surface area contributed by atoms with Gasteiger partial charge in [0.05, 0.1) is 0 Å². The summed E-state index contributed by atoms with van der Waals surface area (Å²) in [6, 6.07) is 7.89. The molecule has 1 aromatic carbocycles. The minimum absolute atomic E-state index is 0.612. The van der Waals surface area contributed by atoms with E-state index in [1.165, 1.54) is 5.56 Å². The number of nitrogens with zero attached hydrogens (tertiary/aromatic N) is 3. The topological polar surface area (TPSA) is 47.4 Å². The summed E-state index contributed by atoms with van der Waals surface area (Å²) >= 11 is 0. The van der Waals surface area contributed by atoms with Crippen LogP contribution in [0.1, 0.15) is 11.4 Å². The Labute approximate surface area is 127 Å². The molecule has 2 aromatic rings. The largest absolute Gasteiger partial charge is 0.543 e. The summed E-state index contributed by atoms with van der Waals surface area (Å²) in [6.45, 7) is 8.56. The van der Waals surface area contributed by atoms with Gasteiger partial charge < -0.3 is 4.43 Å². The Balaban J connectivity index is 2.15. The van der Waals surface area contributed by atoms with E-state index < -0.39 is 8.32 Å². The van der Waals surface area contributed by atoms with Crippen LogP contribution in [0.3, 0.4) is 0 Å². The van der Waals surface area contributed by atoms with Crippen molar-refractivity contribution in [2.24, 2.45) is 4.99 Å². The van der Waals surface area contributed by atoms with Gasteiger partial charge in [0.2, 0.25) is 8.32 Å². The van der Waals surface area contributed by atoms with Gasteiger partial charge in [-0.05, 0) is 50.3 Å². The standard InChI is InChI=1S/C16H21N3OSi/c1-13-6-7-14(15(12-13)20-21(2,3)4)17-11-8-16-18-9-5-10-19-16/h5-7,9-12H,8H2,1-4H3. The summed E-state index contributed by atoms with van der Waals surface area (Å²) in [4.78, 5) is 12.9. The van der Waals surface area contributed by atoms with Gasteiger partial charge in [0.15, 0.2) is 0 Å². The van der Waals surface area contributed by atoms with Gasteiger partial charge in [0.1, 0.15) is 17.3 Å². The Bertz CT molecular complexity index is 621. The van der Waals surface area contributed by atoms with E-state index in [4.69, 9.17) is 4.43 Å². The highest BCUT2D eigenvalue weighted by atomic mass is 28.4. The molecule has 4 nitrogen and oxygen atoms in total. The maximum Gasteiger partial charge on any atom is 0.242 e. The van der Waals surface area contributed by atoms with Crippen molar-refractivity contribution in [1.29, 1.82) is 0 Å². The summed E-state index contributed by atoms with van der Waals surface area (Å²) in [5, 5.41) is 0. The molecule has 1 aromatic heterocycles. The zero-order chi connectivity index (χ0) is 15.3. The van der Waals surface area contributed by atoms with E-state index in [0.717, 1.165) is 17.3 Å². The number of hydrogen-bond acceptors (Lipinski definition) is 4. The molecule has 1 heterocycles. The van der Waals surface area contributed by atoms with Crippen LogP contribution in [0.4, 0.5) is 5.69 Å². The lowest BCUT2D eigenvalue weighted by atomic mass is 10.2. The van der Waals surface area contributed by atoms with Crippen LogP contribution in [-0.4, -0.2) is 24.5 Å². The van der Waals surface area contributed by atoms with Gasteiger partial charge in [0, 0.05) is 25.0 Å². The molecule has 0 saturated carbocycles. The van der Waals surface area contributed by atoms with Crippen LogP contribution < -0.4 is 4.43 Å². The van der Waals surface area contributed by atoms with Gasteiger partial charge in [-0.1, -0.05) is 6.07 Å². The molecule has 0 bridgehead atoms. The molecular formula is C16H21N3OSi. The molecule has 2 rings (SSSR count). The zero-order valence-corrected chi connectivity index (χ0v) is 14.0. The lowest BCUT2D eigenvalue weighted by molar-refractivity contribution is 0.558. The number of aromatic nitrogens is 2. The van der Waals surface area contributed by atoms with Gasteiger partial charge in [-0.25, -0.2) is 9.97 Å². The Hall–Kier alpha value is -2.01. The molecule has 0 aliphatic carbocycles. The lowest BCUT2D eigenvalue weighted by Gasteiger charge is -2.20. The van der Waals surface area contributed by atoms with E-state index in [1.54, 1.807) is 18.5 Å². The Morgan fingerprint density at radius 2 is 1.90 bits per heavy atom. The Morgan fingerprint density at radius 3 is 2.57 bits per heavy atom. The van der Waals surface area contributed by atoms with Crippen molar-refractivity contribution >= 4 is 20.2 Å². The first-order valence-electron chi connectivity index (χ1n) is 7.02. The molecule has 5 heteroatoms. The zero-order valence-electron chi connectivity index (χ0n) is 13.0. The summed E-state index contributed by atoms with van der Waals surface area (Å²) in [7, 11) is -1.65. The smallest absolute Gasteiger partial charge is 0.242 e. The van der Waals surface area contributed by atoms with Crippen molar-refractivity contribution in [3.8, 4) is 5.75 Å². The van der Waals surface area contributed by atoms with Crippen LogP contribution in [-0.2, 0) is 6.42 Å². The fourth-order valence-electron chi connectivity index (χ4n) is 1.80. The van der Waals surface area contributed by atoms with E-state index in [-0.39, 0.29) is 0 Å². The molecule has 0 spiro atoms. The SMILES string of the molecule is Cc1ccc(N=CCc2ncccn2)c(O[Si](C)(C)C)c1. The highest BCUT2D eigenvalue weighted by Crippen LogP contribution is 2.30. The molecule has 0 N–H and O–H groups in total. The normalized spacial score (nSPS) is 11.8. The van der Waals surface area contributed by atoms with Gasteiger partial charge in [-0.15, -0.1) is 0 Å². The third-order valence-corrected chi connectivity index (χ3v) is 3.49. The van der Waals surface area contributed by atoms with E-state index in [0.29, 0.717) is 6.42 Å². The molecule has 0 fully saturated rings. The van der Waals surface area contributed by atoms with E-state index in [9.17, 15) is 0 Å². The third-order valence-electron chi connectivity index (χ3n) is 2.65. The average molecular weight is 299 g/mol. The Morgan fingerprint density at radius 1 is 1.19 bits per heavy atom. The molecule has 0 aliphatic heterocycles. The predicted octanol–water partition coefficient (Wildman–Crippen LogP) is 3.94. The highest BCUT2D eigenvalue weighted by Gasteiger charge is 2.18. The molecule has 110 valence electrons. The van der Waals surface area contributed by atoms with Gasteiger partial charge in [-0.2, -0.15) is 0 Å². The molecule has 0 aliphatic rings. The Kier molecular flexibility index (Phi) is 4.85. The maximum absolute atomic E-state index is 6.11. The van der Waals surface area contributed by atoms with Crippen LogP contribution in [0, 0.1) is 6.92 Å². The van der Waals surface area contributed by atoms with E-state index in [1.807, 2.05) is 24.4 Å². The van der Waals surface area contributed by atoms with Crippen molar-refractivity contribution < 1.29 is 4.43 Å². The minimum atomic E-state index is -1.65. The van der Waals surface area contributed by atoms with Crippen LogP contribution in [0.2, 0.25) is 19.6 Å². The van der Waals surface area contributed by atoms with Crippen molar-refractivity contribution in [2.75, 3.05) is 0 Å². The third kappa shape index (κ3) is 5.11. The summed E-state index contributed by atoms with van der Waals surface area (Å²) in [5.41, 5.74) is 2.03. The van der Waals surface area contributed by atoms with Crippen molar-refractivity contribution in [3.63, 3.8) is 0 Å². The van der Waals surface area contributed by atoms with Gasteiger partial charge in [-0.3, -0.25) is 4.99 Å². The molecule has 0 saturated heterocycles. The monoisotopic (exact) mass is 299 g/mol.